The van der Waals surface area contributed by atoms with E-state index in [1.807, 2.05) is 24.3 Å². The number of sulfone groups is 1. The summed E-state index contributed by atoms with van der Waals surface area (Å²) in [6.45, 7) is 0. The van der Waals surface area contributed by atoms with Crippen molar-refractivity contribution in [3.05, 3.63) is 54.1 Å². The Morgan fingerprint density at radius 2 is 1.64 bits per heavy atom. The van der Waals surface area contributed by atoms with Crippen molar-refractivity contribution in [1.29, 1.82) is 0 Å². The van der Waals surface area contributed by atoms with Crippen molar-refractivity contribution >= 4 is 21.5 Å². The number of carbonyl (C=O) groups excluding carboxylic acids is 1. The first-order valence-electron chi connectivity index (χ1n) is 7.60. The van der Waals surface area contributed by atoms with Gasteiger partial charge in [-0.25, -0.2) is 13.2 Å². The predicted octanol–water partition coefficient (Wildman–Crippen LogP) is 2.75. The van der Waals surface area contributed by atoms with Crippen molar-refractivity contribution in [3.8, 4) is 11.1 Å². The van der Waals surface area contributed by atoms with Gasteiger partial charge < -0.3 is 9.57 Å². The predicted molar refractivity (Wildman–Crippen MR) is 92.9 cm³/mol. The van der Waals surface area contributed by atoms with Crippen LogP contribution in [0.3, 0.4) is 0 Å². The van der Waals surface area contributed by atoms with Crippen LogP contribution in [0.15, 0.2) is 58.6 Å². The van der Waals surface area contributed by atoms with Crippen LogP contribution in [0.1, 0.15) is 18.1 Å². The van der Waals surface area contributed by atoms with Gasteiger partial charge in [0, 0.05) is 12.7 Å². The van der Waals surface area contributed by atoms with Gasteiger partial charge in [0.2, 0.25) is 0 Å². The van der Waals surface area contributed by atoms with Crippen molar-refractivity contribution in [2.75, 3.05) is 13.4 Å². The maximum atomic E-state index is 11.5. The standard InChI is InChI=1S/C18H17NO5S/c1-23-18(20)16-11-17(24-19-16)14-5-3-12(4-6-14)13-7-9-15(10-8-13)25(2,21)22/h3-10,17H,11H2,1-2H3. The lowest BCUT2D eigenvalue weighted by Crippen LogP contribution is -2.14. The summed E-state index contributed by atoms with van der Waals surface area (Å²) in [4.78, 5) is 17.0. The van der Waals surface area contributed by atoms with E-state index in [1.165, 1.54) is 13.4 Å². The van der Waals surface area contributed by atoms with Crippen molar-refractivity contribution in [1.82, 2.24) is 0 Å². The average molecular weight is 359 g/mol. The lowest BCUT2D eigenvalue weighted by molar-refractivity contribution is -0.132. The molecule has 7 heteroatoms. The SMILES string of the molecule is COC(=O)C1=NOC(c2ccc(-c3ccc(S(C)(=O)=O)cc3)cc2)C1. The lowest BCUT2D eigenvalue weighted by atomic mass is 10.00. The lowest BCUT2D eigenvalue weighted by Gasteiger charge is -2.10. The molecular formula is C18H17NO5S. The Morgan fingerprint density at radius 3 is 2.16 bits per heavy atom. The van der Waals surface area contributed by atoms with Gasteiger partial charge in [0.15, 0.2) is 21.7 Å². The fourth-order valence-electron chi connectivity index (χ4n) is 2.58. The highest BCUT2D eigenvalue weighted by atomic mass is 32.2. The third-order valence-corrected chi connectivity index (χ3v) is 5.12. The molecule has 1 aliphatic rings. The van der Waals surface area contributed by atoms with Crippen LogP contribution in [-0.2, 0) is 24.2 Å². The zero-order valence-electron chi connectivity index (χ0n) is 13.8. The fourth-order valence-corrected chi connectivity index (χ4v) is 3.21. The molecule has 0 radical (unpaired) electrons. The van der Waals surface area contributed by atoms with E-state index in [1.54, 1.807) is 24.3 Å². The van der Waals surface area contributed by atoms with E-state index < -0.39 is 15.8 Å². The molecule has 1 atom stereocenters. The highest BCUT2D eigenvalue weighted by Gasteiger charge is 2.27. The molecule has 0 N–H and O–H groups in total. The number of hydrogen-bond acceptors (Lipinski definition) is 6. The summed E-state index contributed by atoms with van der Waals surface area (Å²) in [5.74, 6) is -0.481. The molecule has 6 nitrogen and oxygen atoms in total. The molecule has 0 saturated carbocycles. The van der Waals surface area contributed by atoms with E-state index in [2.05, 4.69) is 9.89 Å². The Labute approximate surface area is 146 Å². The first-order valence-corrected chi connectivity index (χ1v) is 9.49. The summed E-state index contributed by atoms with van der Waals surface area (Å²) < 4.78 is 27.7. The highest BCUT2D eigenvalue weighted by molar-refractivity contribution is 7.90. The molecule has 0 amide bonds. The third kappa shape index (κ3) is 3.71. The van der Waals surface area contributed by atoms with Gasteiger partial charge in [-0.15, -0.1) is 0 Å². The number of hydrogen-bond donors (Lipinski definition) is 0. The van der Waals surface area contributed by atoms with E-state index in [-0.39, 0.29) is 11.8 Å². The van der Waals surface area contributed by atoms with Gasteiger partial charge in [-0.2, -0.15) is 0 Å². The Balaban J connectivity index is 1.74. The maximum Gasteiger partial charge on any atom is 0.355 e. The number of oxime groups is 1. The number of methoxy groups -OCH3 is 1. The molecular weight excluding hydrogens is 342 g/mol. The second-order valence-electron chi connectivity index (χ2n) is 5.75. The number of carbonyl (C=O) groups is 1. The molecule has 3 rings (SSSR count). The molecule has 1 unspecified atom stereocenters. The van der Waals surface area contributed by atoms with Gasteiger partial charge in [-0.05, 0) is 28.8 Å². The number of rotatable bonds is 4. The van der Waals surface area contributed by atoms with Gasteiger partial charge >= 0.3 is 5.97 Å². The summed E-state index contributed by atoms with van der Waals surface area (Å²) in [6, 6.07) is 14.4. The van der Waals surface area contributed by atoms with Gasteiger partial charge in [0.25, 0.3) is 0 Å². The molecule has 0 aliphatic carbocycles. The molecule has 0 aromatic heterocycles. The summed E-state index contributed by atoms with van der Waals surface area (Å²) in [6.07, 6.45) is 1.24. The minimum absolute atomic E-state index is 0.271. The molecule has 1 aliphatic heterocycles. The van der Waals surface area contributed by atoms with Crippen LogP contribution in [0.4, 0.5) is 0 Å². The second-order valence-corrected chi connectivity index (χ2v) is 7.76. The van der Waals surface area contributed by atoms with Gasteiger partial charge in [-0.1, -0.05) is 41.6 Å². The van der Waals surface area contributed by atoms with Gasteiger partial charge in [-0.3, -0.25) is 0 Å². The van der Waals surface area contributed by atoms with E-state index >= 15 is 0 Å². The van der Waals surface area contributed by atoms with Crippen molar-refractivity contribution in [2.45, 2.75) is 17.4 Å². The maximum absolute atomic E-state index is 11.5. The number of ether oxygens (including phenoxy) is 1. The highest BCUT2D eigenvalue weighted by Crippen LogP contribution is 2.30. The third-order valence-electron chi connectivity index (χ3n) is 3.99. The summed E-state index contributed by atoms with van der Waals surface area (Å²) >= 11 is 0. The smallest absolute Gasteiger partial charge is 0.355 e. The molecule has 130 valence electrons. The average Bonchev–Trinajstić information content (AvgIpc) is 3.11. The molecule has 2 aromatic carbocycles. The van der Waals surface area contributed by atoms with Crippen LogP contribution in [0.25, 0.3) is 11.1 Å². The normalized spacial score (nSPS) is 16.9. The molecule has 0 fully saturated rings. The number of nitrogens with zero attached hydrogens (tertiary/aromatic N) is 1. The molecule has 0 bridgehead atoms. The van der Waals surface area contributed by atoms with Crippen molar-refractivity contribution in [2.24, 2.45) is 5.16 Å². The Hall–Kier alpha value is -2.67. The zero-order chi connectivity index (χ0) is 18.0. The van der Waals surface area contributed by atoms with Crippen LogP contribution in [0.2, 0.25) is 0 Å². The molecule has 1 heterocycles. The fraction of sp³-hybridized carbons (Fsp3) is 0.222. The monoisotopic (exact) mass is 359 g/mol. The van der Waals surface area contributed by atoms with E-state index in [4.69, 9.17) is 4.84 Å². The zero-order valence-corrected chi connectivity index (χ0v) is 14.6. The Morgan fingerprint density at radius 1 is 1.08 bits per heavy atom. The summed E-state index contributed by atoms with van der Waals surface area (Å²) in [5.41, 5.74) is 3.04. The summed E-state index contributed by atoms with van der Waals surface area (Å²) in [5, 5.41) is 3.76. The minimum Gasteiger partial charge on any atom is -0.464 e. The van der Waals surface area contributed by atoms with E-state index in [9.17, 15) is 13.2 Å². The topological polar surface area (TPSA) is 82.0 Å². The first kappa shape index (κ1) is 17.2. The largest absolute Gasteiger partial charge is 0.464 e. The van der Waals surface area contributed by atoms with Crippen LogP contribution in [-0.4, -0.2) is 33.5 Å². The second kappa shape index (κ2) is 6.68. The number of benzene rings is 2. The quantitative estimate of drug-likeness (QED) is 0.784. The summed E-state index contributed by atoms with van der Waals surface area (Å²) in [7, 11) is -1.89. The Bertz CT molecular complexity index is 915. The van der Waals surface area contributed by atoms with Crippen LogP contribution < -0.4 is 0 Å². The van der Waals surface area contributed by atoms with Crippen LogP contribution in [0, 0.1) is 0 Å². The Kier molecular flexibility index (Phi) is 4.59. The molecule has 2 aromatic rings. The van der Waals surface area contributed by atoms with Crippen molar-refractivity contribution < 1.29 is 22.8 Å². The first-order chi connectivity index (χ1) is 11.9. The molecule has 25 heavy (non-hydrogen) atoms. The van der Waals surface area contributed by atoms with Crippen LogP contribution >= 0.6 is 0 Å². The van der Waals surface area contributed by atoms with Crippen LogP contribution in [0.5, 0.6) is 0 Å². The van der Waals surface area contributed by atoms with E-state index in [0.717, 1.165) is 16.7 Å². The van der Waals surface area contributed by atoms with E-state index in [0.29, 0.717) is 11.3 Å². The minimum atomic E-state index is -3.20. The molecule has 0 spiro atoms. The number of esters is 1. The molecule has 0 saturated heterocycles. The van der Waals surface area contributed by atoms with Crippen molar-refractivity contribution in [3.63, 3.8) is 0 Å². The van der Waals surface area contributed by atoms with Gasteiger partial charge in [0.05, 0.1) is 12.0 Å². The van der Waals surface area contributed by atoms with Gasteiger partial charge in [0.1, 0.15) is 0 Å².